The maximum absolute atomic E-state index is 11.3. The minimum absolute atomic E-state index is 0.0243. The topological polar surface area (TPSA) is 63.8 Å². The lowest BCUT2D eigenvalue weighted by molar-refractivity contribution is 0.0686. The number of aromatic carboxylic acids is 1. The van der Waals surface area contributed by atoms with Crippen LogP contribution in [0.1, 0.15) is 10.5 Å². The SMILES string of the molecule is O=C(O)c1c(Oc2cccc(Br)c2)nc2sccn12. The van der Waals surface area contributed by atoms with E-state index in [9.17, 15) is 9.90 Å². The molecule has 0 aliphatic heterocycles. The number of nitrogens with zero attached hydrogens (tertiary/aromatic N) is 2. The normalized spacial score (nSPS) is 10.8. The first-order valence-corrected chi connectivity index (χ1v) is 6.94. The molecule has 0 aliphatic rings. The Kier molecular flexibility index (Phi) is 3.00. The molecule has 0 fully saturated rings. The van der Waals surface area contributed by atoms with Gasteiger partial charge in [-0.2, -0.15) is 4.98 Å². The van der Waals surface area contributed by atoms with Gasteiger partial charge in [-0.25, -0.2) is 4.79 Å². The van der Waals surface area contributed by atoms with E-state index in [-0.39, 0.29) is 11.6 Å². The average Bonchev–Trinajstić information content (AvgIpc) is 2.88. The number of carboxylic acid groups (broad SMARTS) is 1. The van der Waals surface area contributed by atoms with Crippen molar-refractivity contribution in [1.82, 2.24) is 9.38 Å². The zero-order valence-corrected chi connectivity index (χ0v) is 11.8. The lowest BCUT2D eigenvalue weighted by Crippen LogP contribution is -2.02. The molecule has 0 saturated carbocycles. The zero-order chi connectivity index (χ0) is 13.4. The molecule has 2 heterocycles. The molecule has 2 aromatic heterocycles. The van der Waals surface area contributed by atoms with Crippen molar-refractivity contribution in [3.63, 3.8) is 0 Å². The Bertz CT molecular complexity index is 765. The number of halogens is 1. The monoisotopic (exact) mass is 338 g/mol. The van der Waals surface area contributed by atoms with Crippen LogP contribution in [-0.4, -0.2) is 20.5 Å². The number of fused-ring (bicyclic) bond motifs is 1. The highest BCUT2D eigenvalue weighted by Gasteiger charge is 2.21. The van der Waals surface area contributed by atoms with E-state index in [1.54, 1.807) is 29.8 Å². The maximum Gasteiger partial charge on any atom is 0.358 e. The number of carboxylic acids is 1. The summed E-state index contributed by atoms with van der Waals surface area (Å²) < 4.78 is 7.91. The molecule has 1 aromatic carbocycles. The van der Waals surface area contributed by atoms with Gasteiger partial charge in [0, 0.05) is 16.0 Å². The number of rotatable bonds is 3. The predicted octanol–water partition coefficient (Wildman–Crippen LogP) is 3.65. The Hall–Kier alpha value is -1.86. The highest BCUT2D eigenvalue weighted by atomic mass is 79.9. The quantitative estimate of drug-likeness (QED) is 0.791. The van der Waals surface area contributed by atoms with Gasteiger partial charge in [-0.3, -0.25) is 4.40 Å². The zero-order valence-electron chi connectivity index (χ0n) is 9.41. The average molecular weight is 339 g/mol. The maximum atomic E-state index is 11.3. The van der Waals surface area contributed by atoms with Crippen LogP contribution in [0.5, 0.6) is 11.6 Å². The van der Waals surface area contributed by atoms with Crippen LogP contribution < -0.4 is 4.74 Å². The summed E-state index contributed by atoms with van der Waals surface area (Å²) in [5.74, 6) is -0.448. The lowest BCUT2D eigenvalue weighted by atomic mass is 10.3. The second kappa shape index (κ2) is 4.67. The summed E-state index contributed by atoms with van der Waals surface area (Å²) in [6.07, 6.45) is 1.66. The first kappa shape index (κ1) is 12.2. The van der Waals surface area contributed by atoms with Crippen molar-refractivity contribution in [3.8, 4) is 11.6 Å². The molecule has 0 unspecified atom stereocenters. The largest absolute Gasteiger partial charge is 0.476 e. The van der Waals surface area contributed by atoms with Gasteiger partial charge in [0.15, 0.2) is 10.7 Å². The number of ether oxygens (including phenoxy) is 1. The van der Waals surface area contributed by atoms with E-state index in [1.807, 2.05) is 6.07 Å². The Balaban J connectivity index is 2.07. The van der Waals surface area contributed by atoms with Crippen molar-refractivity contribution < 1.29 is 14.6 Å². The highest BCUT2D eigenvalue weighted by molar-refractivity contribution is 9.10. The molecule has 5 nitrogen and oxygen atoms in total. The third kappa shape index (κ3) is 2.22. The fraction of sp³-hybridized carbons (Fsp3) is 0. The van der Waals surface area contributed by atoms with Crippen LogP contribution in [0.2, 0.25) is 0 Å². The van der Waals surface area contributed by atoms with E-state index in [0.717, 1.165) is 4.47 Å². The number of thiazole rings is 1. The van der Waals surface area contributed by atoms with Gasteiger partial charge in [-0.15, -0.1) is 11.3 Å². The minimum Gasteiger partial charge on any atom is -0.476 e. The van der Waals surface area contributed by atoms with E-state index in [0.29, 0.717) is 10.7 Å². The van der Waals surface area contributed by atoms with Crippen molar-refractivity contribution in [2.75, 3.05) is 0 Å². The minimum atomic E-state index is -1.07. The molecule has 0 radical (unpaired) electrons. The van der Waals surface area contributed by atoms with Gasteiger partial charge >= 0.3 is 5.97 Å². The number of hydrogen-bond donors (Lipinski definition) is 1. The second-order valence-corrected chi connectivity index (χ2v) is 5.47. The van der Waals surface area contributed by atoms with Crippen molar-refractivity contribution in [2.24, 2.45) is 0 Å². The lowest BCUT2D eigenvalue weighted by Gasteiger charge is -2.03. The van der Waals surface area contributed by atoms with Crippen LogP contribution >= 0.6 is 27.3 Å². The van der Waals surface area contributed by atoms with Crippen LogP contribution in [0, 0.1) is 0 Å². The summed E-state index contributed by atoms with van der Waals surface area (Å²) in [5.41, 5.74) is 0.0243. The summed E-state index contributed by atoms with van der Waals surface area (Å²) in [5, 5.41) is 11.0. The fourth-order valence-electron chi connectivity index (χ4n) is 1.67. The number of hydrogen-bond acceptors (Lipinski definition) is 4. The standard InChI is InChI=1S/C12H7BrN2O3S/c13-7-2-1-3-8(6-7)18-10-9(11(16)17)15-4-5-19-12(15)14-10/h1-6H,(H,16,17). The molecule has 19 heavy (non-hydrogen) atoms. The van der Waals surface area contributed by atoms with E-state index in [4.69, 9.17) is 4.74 Å². The third-order valence-electron chi connectivity index (χ3n) is 2.44. The number of imidazole rings is 1. The number of carbonyl (C=O) groups is 1. The van der Waals surface area contributed by atoms with Crippen LogP contribution in [-0.2, 0) is 0 Å². The van der Waals surface area contributed by atoms with E-state index < -0.39 is 5.97 Å². The first-order chi connectivity index (χ1) is 9.15. The fourth-order valence-corrected chi connectivity index (χ4v) is 2.76. The summed E-state index contributed by atoms with van der Waals surface area (Å²) in [6.45, 7) is 0. The van der Waals surface area contributed by atoms with E-state index >= 15 is 0 Å². The Morgan fingerprint density at radius 2 is 2.32 bits per heavy atom. The Morgan fingerprint density at radius 3 is 3.05 bits per heavy atom. The van der Waals surface area contributed by atoms with Crippen molar-refractivity contribution in [3.05, 3.63) is 46.0 Å². The molecule has 0 aliphatic carbocycles. The van der Waals surface area contributed by atoms with Crippen LogP contribution in [0.25, 0.3) is 4.96 Å². The summed E-state index contributed by atoms with van der Waals surface area (Å²) >= 11 is 4.68. The third-order valence-corrected chi connectivity index (χ3v) is 3.69. The molecule has 0 saturated heterocycles. The van der Waals surface area contributed by atoms with Crippen LogP contribution in [0.4, 0.5) is 0 Å². The highest BCUT2D eigenvalue weighted by Crippen LogP contribution is 2.29. The molecule has 0 amide bonds. The van der Waals surface area contributed by atoms with Crippen molar-refractivity contribution in [2.45, 2.75) is 0 Å². The van der Waals surface area contributed by atoms with E-state index in [1.165, 1.54) is 15.7 Å². The molecule has 3 aromatic rings. The van der Waals surface area contributed by atoms with Gasteiger partial charge < -0.3 is 9.84 Å². The van der Waals surface area contributed by atoms with Crippen molar-refractivity contribution in [1.29, 1.82) is 0 Å². The van der Waals surface area contributed by atoms with Gasteiger partial charge in [0.05, 0.1) is 0 Å². The summed E-state index contributed by atoms with van der Waals surface area (Å²) in [4.78, 5) is 16.1. The van der Waals surface area contributed by atoms with Gasteiger partial charge in [0.1, 0.15) is 5.75 Å². The molecular formula is C12H7BrN2O3S. The van der Waals surface area contributed by atoms with E-state index in [2.05, 4.69) is 20.9 Å². The first-order valence-electron chi connectivity index (χ1n) is 5.27. The van der Waals surface area contributed by atoms with Crippen LogP contribution in [0.3, 0.4) is 0 Å². The summed E-state index contributed by atoms with van der Waals surface area (Å²) in [7, 11) is 0. The molecular weight excluding hydrogens is 332 g/mol. The van der Waals surface area contributed by atoms with Crippen molar-refractivity contribution >= 4 is 38.2 Å². The predicted molar refractivity (Wildman–Crippen MR) is 74.2 cm³/mol. The smallest absolute Gasteiger partial charge is 0.358 e. The molecule has 0 atom stereocenters. The van der Waals surface area contributed by atoms with Gasteiger partial charge in [0.2, 0.25) is 0 Å². The second-order valence-electron chi connectivity index (χ2n) is 3.69. The van der Waals surface area contributed by atoms with Gasteiger partial charge in [0.25, 0.3) is 5.88 Å². The Morgan fingerprint density at radius 1 is 1.47 bits per heavy atom. The van der Waals surface area contributed by atoms with Gasteiger partial charge in [-0.1, -0.05) is 22.0 Å². The molecule has 0 spiro atoms. The van der Waals surface area contributed by atoms with Crippen LogP contribution in [0.15, 0.2) is 40.3 Å². The molecule has 3 rings (SSSR count). The number of aromatic nitrogens is 2. The molecule has 96 valence electrons. The molecule has 7 heteroatoms. The molecule has 1 N–H and O–H groups in total. The Labute approximate surface area is 120 Å². The number of benzene rings is 1. The molecule has 0 bridgehead atoms. The summed E-state index contributed by atoms with van der Waals surface area (Å²) in [6, 6.07) is 7.15. The van der Waals surface area contributed by atoms with Gasteiger partial charge in [-0.05, 0) is 18.2 Å².